The molecule has 0 bridgehead atoms. The summed E-state index contributed by atoms with van der Waals surface area (Å²) in [5.74, 6) is -0.215. The molecule has 2 heteroatoms. The maximum absolute atomic E-state index is 11.2. The molecule has 0 saturated carbocycles. The van der Waals surface area contributed by atoms with Crippen molar-refractivity contribution in [3.63, 3.8) is 0 Å². The summed E-state index contributed by atoms with van der Waals surface area (Å²) in [5, 5.41) is 0. The quantitative estimate of drug-likeness (QED) is 0.733. The lowest BCUT2D eigenvalue weighted by molar-refractivity contribution is -0.144. The van der Waals surface area contributed by atoms with E-state index in [1.54, 1.807) is 0 Å². The fourth-order valence-electron chi connectivity index (χ4n) is 1.36. The summed E-state index contributed by atoms with van der Waals surface area (Å²) >= 11 is 0. The zero-order chi connectivity index (χ0) is 12.6. The molecule has 0 aromatic heterocycles. The number of ether oxygens (including phenoxy) is 1. The zero-order valence-corrected chi connectivity index (χ0v) is 10.9. The molecule has 1 aromatic carbocycles. The highest BCUT2D eigenvalue weighted by Crippen LogP contribution is 2.10. The van der Waals surface area contributed by atoms with Crippen LogP contribution in [0.2, 0.25) is 0 Å². The van der Waals surface area contributed by atoms with Gasteiger partial charge in [0.2, 0.25) is 0 Å². The van der Waals surface area contributed by atoms with E-state index in [1.165, 1.54) is 18.2 Å². The Bertz CT molecular complexity index is 301. The van der Waals surface area contributed by atoms with Gasteiger partial charge in [0.15, 0.2) is 0 Å². The van der Waals surface area contributed by atoms with Gasteiger partial charge in [-0.2, -0.15) is 0 Å². The number of hydrogen-bond donors (Lipinski definition) is 0. The molecule has 0 aliphatic heterocycles. The smallest absolute Gasteiger partial charge is 0.308 e. The van der Waals surface area contributed by atoms with Gasteiger partial charge in [-0.25, -0.2) is 0 Å². The van der Waals surface area contributed by atoms with Crippen molar-refractivity contribution in [2.24, 2.45) is 5.92 Å². The molecule has 0 aliphatic rings. The summed E-state index contributed by atoms with van der Waals surface area (Å²) in [6.07, 6.45) is 0.743. The summed E-state index contributed by atoms with van der Waals surface area (Å²) in [4.78, 5) is 11.2. The highest BCUT2D eigenvalue weighted by molar-refractivity contribution is 5.72. The average Bonchev–Trinajstić information content (AvgIpc) is 2.33. The molecule has 1 aromatic rings. The van der Waals surface area contributed by atoms with E-state index in [9.17, 15) is 4.79 Å². The average molecular weight is 222 g/mol. The third-order valence-corrected chi connectivity index (χ3v) is 2.27. The van der Waals surface area contributed by atoms with E-state index in [1.807, 2.05) is 27.7 Å². The van der Waals surface area contributed by atoms with E-state index in [2.05, 4.69) is 29.0 Å². The van der Waals surface area contributed by atoms with Gasteiger partial charge in [0, 0.05) is 0 Å². The predicted octanol–water partition coefficient (Wildman–Crippen LogP) is 3.37. The SMILES string of the molecule is CC.COC(=O)C(C)Cc1ccc(C)cc1. The van der Waals surface area contributed by atoms with E-state index < -0.39 is 0 Å². The van der Waals surface area contributed by atoms with Crippen LogP contribution in [0, 0.1) is 12.8 Å². The molecule has 1 unspecified atom stereocenters. The number of aryl methyl sites for hydroxylation is 1. The number of methoxy groups -OCH3 is 1. The summed E-state index contributed by atoms with van der Waals surface area (Å²) in [7, 11) is 1.42. The summed E-state index contributed by atoms with van der Waals surface area (Å²) < 4.78 is 4.67. The largest absolute Gasteiger partial charge is 0.469 e. The lowest BCUT2D eigenvalue weighted by Gasteiger charge is -2.08. The van der Waals surface area contributed by atoms with E-state index in [4.69, 9.17) is 0 Å². The molecular weight excluding hydrogens is 200 g/mol. The Morgan fingerprint density at radius 3 is 2.19 bits per heavy atom. The van der Waals surface area contributed by atoms with Gasteiger partial charge in [0.25, 0.3) is 0 Å². The molecule has 90 valence electrons. The minimum absolute atomic E-state index is 0.0669. The second kappa shape index (κ2) is 7.91. The molecule has 0 aliphatic carbocycles. The molecule has 1 atom stereocenters. The number of benzene rings is 1. The van der Waals surface area contributed by atoms with Crippen LogP contribution in [0.4, 0.5) is 0 Å². The second-order valence-corrected chi connectivity index (χ2v) is 3.61. The van der Waals surface area contributed by atoms with Crippen LogP contribution in [0.5, 0.6) is 0 Å². The first kappa shape index (κ1) is 14.7. The van der Waals surface area contributed by atoms with Gasteiger partial charge < -0.3 is 4.74 Å². The Hall–Kier alpha value is -1.31. The minimum Gasteiger partial charge on any atom is -0.469 e. The van der Waals surface area contributed by atoms with Crippen molar-refractivity contribution in [1.82, 2.24) is 0 Å². The number of carbonyl (C=O) groups is 1. The number of hydrogen-bond acceptors (Lipinski definition) is 2. The van der Waals surface area contributed by atoms with Gasteiger partial charge >= 0.3 is 5.97 Å². The molecule has 2 nitrogen and oxygen atoms in total. The highest BCUT2D eigenvalue weighted by atomic mass is 16.5. The first-order chi connectivity index (χ1) is 7.63. The van der Waals surface area contributed by atoms with E-state index >= 15 is 0 Å². The lowest BCUT2D eigenvalue weighted by atomic mass is 10.0. The van der Waals surface area contributed by atoms with Crippen LogP contribution in [0.1, 0.15) is 31.9 Å². The first-order valence-corrected chi connectivity index (χ1v) is 5.77. The Morgan fingerprint density at radius 1 is 1.25 bits per heavy atom. The van der Waals surface area contributed by atoms with Gasteiger partial charge in [-0.3, -0.25) is 4.79 Å². The van der Waals surface area contributed by atoms with Crippen molar-refractivity contribution in [3.8, 4) is 0 Å². The molecule has 16 heavy (non-hydrogen) atoms. The van der Waals surface area contributed by atoms with Crippen LogP contribution in [-0.2, 0) is 16.0 Å². The van der Waals surface area contributed by atoms with Crippen molar-refractivity contribution in [3.05, 3.63) is 35.4 Å². The van der Waals surface area contributed by atoms with Crippen LogP contribution < -0.4 is 0 Å². The molecule has 1 rings (SSSR count). The van der Waals surface area contributed by atoms with Crippen molar-refractivity contribution in [2.45, 2.75) is 34.1 Å². The Kier molecular flexibility index (Phi) is 7.27. The predicted molar refractivity (Wildman–Crippen MR) is 67.4 cm³/mol. The van der Waals surface area contributed by atoms with Crippen LogP contribution in [0.15, 0.2) is 24.3 Å². The second-order valence-electron chi connectivity index (χ2n) is 3.61. The van der Waals surface area contributed by atoms with Crippen molar-refractivity contribution in [1.29, 1.82) is 0 Å². The van der Waals surface area contributed by atoms with Gasteiger partial charge in [-0.15, -0.1) is 0 Å². The fourth-order valence-corrected chi connectivity index (χ4v) is 1.36. The molecule has 0 N–H and O–H groups in total. The molecule has 0 spiro atoms. The number of rotatable bonds is 3. The standard InChI is InChI=1S/C12H16O2.C2H6/c1-9-4-6-11(7-5-9)8-10(2)12(13)14-3;1-2/h4-7,10H,8H2,1-3H3;1-2H3. The van der Waals surface area contributed by atoms with Crippen molar-refractivity contribution in [2.75, 3.05) is 7.11 Å². The van der Waals surface area contributed by atoms with Crippen LogP contribution in [0.25, 0.3) is 0 Å². The van der Waals surface area contributed by atoms with E-state index in [-0.39, 0.29) is 11.9 Å². The Balaban J connectivity index is 0.00000106. The van der Waals surface area contributed by atoms with Gasteiger partial charge in [-0.05, 0) is 18.9 Å². The Labute approximate surface area is 98.6 Å². The maximum atomic E-state index is 11.2. The van der Waals surface area contributed by atoms with Crippen LogP contribution in [-0.4, -0.2) is 13.1 Å². The van der Waals surface area contributed by atoms with E-state index in [0.29, 0.717) is 0 Å². The van der Waals surface area contributed by atoms with Crippen molar-refractivity contribution < 1.29 is 9.53 Å². The molecule has 0 amide bonds. The molecule has 0 fully saturated rings. The van der Waals surface area contributed by atoms with Gasteiger partial charge in [0.05, 0.1) is 13.0 Å². The highest BCUT2D eigenvalue weighted by Gasteiger charge is 2.12. The lowest BCUT2D eigenvalue weighted by Crippen LogP contribution is -2.14. The van der Waals surface area contributed by atoms with Crippen molar-refractivity contribution >= 4 is 5.97 Å². The van der Waals surface area contributed by atoms with Crippen LogP contribution >= 0.6 is 0 Å². The maximum Gasteiger partial charge on any atom is 0.308 e. The minimum atomic E-state index is -0.148. The van der Waals surface area contributed by atoms with Gasteiger partial charge in [0.1, 0.15) is 0 Å². The third kappa shape index (κ3) is 4.96. The topological polar surface area (TPSA) is 26.3 Å². The summed E-state index contributed by atoms with van der Waals surface area (Å²) in [5.41, 5.74) is 2.41. The summed E-state index contributed by atoms with van der Waals surface area (Å²) in [6.45, 7) is 7.93. The van der Waals surface area contributed by atoms with Gasteiger partial charge in [-0.1, -0.05) is 50.6 Å². The monoisotopic (exact) mass is 222 g/mol. The van der Waals surface area contributed by atoms with Crippen LogP contribution in [0.3, 0.4) is 0 Å². The number of carbonyl (C=O) groups excluding carboxylic acids is 1. The summed E-state index contributed by atoms with van der Waals surface area (Å²) in [6, 6.07) is 8.21. The Morgan fingerprint density at radius 2 is 1.75 bits per heavy atom. The molecular formula is C14H22O2. The third-order valence-electron chi connectivity index (χ3n) is 2.27. The van der Waals surface area contributed by atoms with E-state index in [0.717, 1.165) is 6.42 Å². The molecule has 0 heterocycles. The zero-order valence-electron chi connectivity index (χ0n) is 10.9. The fraction of sp³-hybridized carbons (Fsp3) is 0.500. The number of esters is 1. The normalized spacial score (nSPS) is 11.1. The molecule has 0 radical (unpaired) electrons. The first-order valence-electron chi connectivity index (χ1n) is 5.77. The molecule has 0 saturated heterocycles.